The van der Waals surface area contributed by atoms with E-state index in [4.69, 9.17) is 4.74 Å². The lowest BCUT2D eigenvalue weighted by molar-refractivity contribution is -0.109. The van der Waals surface area contributed by atoms with Gasteiger partial charge in [0.05, 0.1) is 19.8 Å². The Hall–Kier alpha value is -1.19. The Labute approximate surface area is 108 Å². The number of ether oxygens (including phenoxy) is 1. The minimum Gasteiger partial charge on any atom is -0.395 e. The molecule has 0 aliphatic carbocycles. The standard InChI is InChI=1S/C15H20O3/c1-10(2)12-5-4-11(3)13(6-12)14(17)15(7-16)8-18-9-15/h4-6,10,16H,7-9H2,1-3H3. The predicted molar refractivity (Wildman–Crippen MR) is 69.9 cm³/mol. The molecule has 1 aromatic rings. The number of aliphatic hydroxyl groups is 1. The number of hydrogen-bond donors (Lipinski definition) is 1. The summed E-state index contributed by atoms with van der Waals surface area (Å²) < 4.78 is 5.11. The molecule has 3 heteroatoms. The van der Waals surface area contributed by atoms with E-state index < -0.39 is 5.41 Å². The summed E-state index contributed by atoms with van der Waals surface area (Å²) in [6.07, 6.45) is 0. The van der Waals surface area contributed by atoms with E-state index in [2.05, 4.69) is 19.9 Å². The maximum absolute atomic E-state index is 12.5. The summed E-state index contributed by atoms with van der Waals surface area (Å²) in [5, 5.41) is 9.44. The van der Waals surface area contributed by atoms with Gasteiger partial charge in [-0.1, -0.05) is 26.0 Å². The lowest BCUT2D eigenvalue weighted by Crippen LogP contribution is -2.52. The van der Waals surface area contributed by atoms with Gasteiger partial charge in [0, 0.05) is 5.56 Å². The third-order valence-electron chi connectivity index (χ3n) is 3.71. The van der Waals surface area contributed by atoms with Crippen LogP contribution in [0.4, 0.5) is 0 Å². The van der Waals surface area contributed by atoms with Crippen molar-refractivity contribution in [3.63, 3.8) is 0 Å². The number of hydrogen-bond acceptors (Lipinski definition) is 3. The van der Waals surface area contributed by atoms with Crippen LogP contribution in [0.25, 0.3) is 0 Å². The second kappa shape index (κ2) is 4.82. The first-order valence-corrected chi connectivity index (χ1v) is 6.34. The summed E-state index contributed by atoms with van der Waals surface area (Å²) in [6.45, 7) is 6.65. The van der Waals surface area contributed by atoms with Gasteiger partial charge in [0.25, 0.3) is 0 Å². The molecule has 3 nitrogen and oxygen atoms in total. The molecule has 0 bridgehead atoms. The topological polar surface area (TPSA) is 46.5 Å². The average molecular weight is 248 g/mol. The van der Waals surface area contributed by atoms with Crippen molar-refractivity contribution in [2.24, 2.45) is 5.41 Å². The molecule has 1 aliphatic heterocycles. The van der Waals surface area contributed by atoms with Crippen LogP contribution in [0.3, 0.4) is 0 Å². The van der Waals surface area contributed by atoms with Gasteiger partial charge in [-0.05, 0) is 30.0 Å². The molecule has 18 heavy (non-hydrogen) atoms. The van der Waals surface area contributed by atoms with Crippen molar-refractivity contribution < 1.29 is 14.6 Å². The maximum atomic E-state index is 12.5. The van der Waals surface area contributed by atoms with Gasteiger partial charge in [-0.25, -0.2) is 0 Å². The summed E-state index contributed by atoms with van der Waals surface area (Å²) >= 11 is 0. The Morgan fingerprint density at radius 3 is 2.56 bits per heavy atom. The first-order valence-electron chi connectivity index (χ1n) is 6.34. The molecular formula is C15H20O3. The molecule has 0 unspecified atom stereocenters. The van der Waals surface area contributed by atoms with Crippen LogP contribution in [0.2, 0.25) is 0 Å². The van der Waals surface area contributed by atoms with Crippen molar-refractivity contribution in [1.82, 2.24) is 0 Å². The Kier molecular flexibility index (Phi) is 3.55. The molecule has 1 aromatic carbocycles. The van der Waals surface area contributed by atoms with Gasteiger partial charge in [-0.3, -0.25) is 4.79 Å². The van der Waals surface area contributed by atoms with E-state index >= 15 is 0 Å². The number of carbonyl (C=O) groups is 1. The summed E-state index contributed by atoms with van der Waals surface area (Å²) in [5.74, 6) is 0.399. The third-order valence-corrected chi connectivity index (χ3v) is 3.71. The number of aliphatic hydroxyl groups excluding tert-OH is 1. The SMILES string of the molecule is Cc1ccc(C(C)C)cc1C(=O)C1(CO)COC1. The van der Waals surface area contributed by atoms with E-state index in [1.54, 1.807) is 0 Å². The van der Waals surface area contributed by atoms with Crippen molar-refractivity contribution >= 4 is 5.78 Å². The van der Waals surface area contributed by atoms with Gasteiger partial charge in [0.1, 0.15) is 5.41 Å². The Bertz CT molecular complexity index is 453. The summed E-state index contributed by atoms with van der Waals surface area (Å²) in [4.78, 5) is 12.5. The molecule has 1 aliphatic rings. The van der Waals surface area contributed by atoms with Crippen molar-refractivity contribution in [3.05, 3.63) is 34.9 Å². The highest BCUT2D eigenvalue weighted by atomic mass is 16.5. The highest BCUT2D eigenvalue weighted by Gasteiger charge is 2.46. The zero-order valence-electron chi connectivity index (χ0n) is 11.2. The van der Waals surface area contributed by atoms with Crippen molar-refractivity contribution in [3.8, 4) is 0 Å². The fourth-order valence-electron chi connectivity index (χ4n) is 2.17. The number of ketones is 1. The van der Waals surface area contributed by atoms with Gasteiger partial charge in [0.15, 0.2) is 5.78 Å². The number of benzene rings is 1. The first kappa shape index (κ1) is 13.2. The van der Waals surface area contributed by atoms with E-state index in [1.165, 1.54) is 0 Å². The molecule has 1 saturated heterocycles. The van der Waals surface area contributed by atoms with Crippen molar-refractivity contribution in [2.75, 3.05) is 19.8 Å². The Balaban J connectivity index is 2.38. The lowest BCUT2D eigenvalue weighted by Gasteiger charge is -2.38. The van der Waals surface area contributed by atoms with Gasteiger partial charge in [-0.15, -0.1) is 0 Å². The van der Waals surface area contributed by atoms with Crippen LogP contribution >= 0.6 is 0 Å². The van der Waals surface area contributed by atoms with Crippen LogP contribution in [0.15, 0.2) is 18.2 Å². The van der Waals surface area contributed by atoms with E-state index in [1.807, 2.05) is 19.1 Å². The molecular weight excluding hydrogens is 228 g/mol. The van der Waals surface area contributed by atoms with Crippen LogP contribution < -0.4 is 0 Å². The normalized spacial score (nSPS) is 17.6. The molecule has 98 valence electrons. The fraction of sp³-hybridized carbons (Fsp3) is 0.533. The van der Waals surface area contributed by atoms with Crippen LogP contribution in [0, 0.1) is 12.3 Å². The quantitative estimate of drug-likeness (QED) is 0.832. The van der Waals surface area contributed by atoms with E-state index in [-0.39, 0.29) is 12.4 Å². The summed E-state index contributed by atoms with van der Waals surface area (Å²) in [5.41, 5.74) is 2.13. The van der Waals surface area contributed by atoms with Gasteiger partial charge >= 0.3 is 0 Å². The van der Waals surface area contributed by atoms with Crippen LogP contribution in [-0.2, 0) is 4.74 Å². The van der Waals surface area contributed by atoms with Gasteiger partial charge < -0.3 is 9.84 Å². The third kappa shape index (κ3) is 2.08. The molecule has 1 heterocycles. The molecule has 1 fully saturated rings. The minimum atomic E-state index is -0.708. The molecule has 0 radical (unpaired) electrons. The van der Waals surface area contributed by atoms with Crippen LogP contribution in [0.5, 0.6) is 0 Å². The first-order chi connectivity index (χ1) is 8.50. The lowest BCUT2D eigenvalue weighted by atomic mass is 9.77. The molecule has 2 rings (SSSR count). The van der Waals surface area contributed by atoms with Crippen LogP contribution in [0.1, 0.15) is 41.3 Å². The Morgan fingerprint density at radius 1 is 1.44 bits per heavy atom. The molecule has 0 amide bonds. The van der Waals surface area contributed by atoms with Gasteiger partial charge in [0.2, 0.25) is 0 Å². The smallest absolute Gasteiger partial charge is 0.176 e. The van der Waals surface area contributed by atoms with E-state index in [9.17, 15) is 9.90 Å². The highest BCUT2D eigenvalue weighted by Crippen LogP contribution is 2.33. The second-order valence-electron chi connectivity index (χ2n) is 5.49. The van der Waals surface area contributed by atoms with Crippen molar-refractivity contribution in [1.29, 1.82) is 0 Å². The number of Topliss-reactive ketones (excluding diaryl/α,β-unsaturated/α-hetero) is 1. The van der Waals surface area contributed by atoms with Gasteiger partial charge in [-0.2, -0.15) is 0 Å². The monoisotopic (exact) mass is 248 g/mol. The average Bonchev–Trinajstić information content (AvgIpc) is 2.28. The highest BCUT2D eigenvalue weighted by molar-refractivity contribution is 6.02. The van der Waals surface area contributed by atoms with E-state index in [0.29, 0.717) is 19.1 Å². The summed E-state index contributed by atoms with van der Waals surface area (Å²) in [6, 6.07) is 5.99. The molecule has 0 aromatic heterocycles. The van der Waals surface area contributed by atoms with E-state index in [0.717, 1.165) is 16.7 Å². The second-order valence-corrected chi connectivity index (χ2v) is 5.49. The largest absolute Gasteiger partial charge is 0.395 e. The molecule has 0 atom stereocenters. The number of aryl methyl sites for hydroxylation is 1. The molecule has 1 N–H and O–H groups in total. The molecule has 0 saturated carbocycles. The van der Waals surface area contributed by atoms with Crippen molar-refractivity contribution in [2.45, 2.75) is 26.7 Å². The van der Waals surface area contributed by atoms with Crippen LogP contribution in [-0.4, -0.2) is 30.7 Å². The zero-order chi connectivity index (χ0) is 13.3. The zero-order valence-corrected chi connectivity index (χ0v) is 11.2. The summed E-state index contributed by atoms with van der Waals surface area (Å²) in [7, 11) is 0. The fourth-order valence-corrected chi connectivity index (χ4v) is 2.17. The molecule has 0 spiro atoms. The minimum absolute atomic E-state index is 0.0104. The number of rotatable bonds is 4. The maximum Gasteiger partial charge on any atom is 0.176 e. The Morgan fingerprint density at radius 2 is 2.11 bits per heavy atom. The number of carbonyl (C=O) groups excluding carboxylic acids is 1. The predicted octanol–water partition coefficient (Wildman–Crippen LogP) is 2.31.